The summed E-state index contributed by atoms with van der Waals surface area (Å²) in [7, 11) is 0. The second-order valence-corrected chi connectivity index (χ2v) is 7.02. The van der Waals surface area contributed by atoms with E-state index in [-0.39, 0.29) is 17.7 Å². The molecule has 3 aromatic rings. The monoisotopic (exact) mass is 404 g/mol. The molecule has 1 amide bonds. The average molecular weight is 404 g/mol. The zero-order chi connectivity index (χ0) is 20.9. The fraction of sp³-hybridized carbons (Fsp3) is 0.227. The van der Waals surface area contributed by atoms with E-state index in [1.807, 2.05) is 24.3 Å². The third kappa shape index (κ3) is 4.60. The Morgan fingerprint density at radius 3 is 2.50 bits per heavy atom. The van der Waals surface area contributed by atoms with Crippen LogP contribution >= 0.6 is 0 Å². The van der Waals surface area contributed by atoms with E-state index in [0.717, 1.165) is 16.6 Å². The maximum Gasteiger partial charge on any atom is 0.269 e. The summed E-state index contributed by atoms with van der Waals surface area (Å²) in [6.45, 7) is 1.18. The van der Waals surface area contributed by atoms with Crippen LogP contribution in [0, 0.1) is 10.1 Å². The molecule has 0 aliphatic carbocycles. The van der Waals surface area contributed by atoms with Crippen LogP contribution < -0.4 is 4.74 Å². The van der Waals surface area contributed by atoms with E-state index in [9.17, 15) is 14.9 Å². The molecular formula is C22H20N4O4. The van der Waals surface area contributed by atoms with Crippen LogP contribution in [0.1, 0.15) is 18.4 Å². The number of hydrogen-bond acceptors (Lipinski definition) is 6. The highest BCUT2D eigenvalue weighted by molar-refractivity contribution is 5.91. The standard InChI is InChI=1S/C22H20N4O4/c27-22(10-7-16-5-8-17(9-6-16)26(28)29)25-13-11-18(12-14-25)30-21-15-23-19-3-1-2-4-20(19)24-21/h1-10,15,18H,11-14H2/b10-7+. The molecule has 0 unspecified atom stereocenters. The topological polar surface area (TPSA) is 98.5 Å². The van der Waals surface area contributed by atoms with Gasteiger partial charge >= 0.3 is 0 Å². The van der Waals surface area contributed by atoms with Gasteiger partial charge in [0.05, 0.1) is 22.2 Å². The summed E-state index contributed by atoms with van der Waals surface area (Å²) in [5, 5.41) is 10.7. The van der Waals surface area contributed by atoms with Gasteiger partial charge in [0.25, 0.3) is 5.69 Å². The minimum Gasteiger partial charge on any atom is -0.473 e. The molecule has 1 saturated heterocycles. The molecule has 1 fully saturated rings. The molecule has 0 bridgehead atoms. The Bertz CT molecular complexity index is 1090. The first kappa shape index (κ1) is 19.5. The van der Waals surface area contributed by atoms with Crippen molar-refractivity contribution in [3.63, 3.8) is 0 Å². The number of carbonyl (C=O) groups is 1. The van der Waals surface area contributed by atoms with Crippen molar-refractivity contribution in [3.05, 3.63) is 76.5 Å². The fourth-order valence-electron chi connectivity index (χ4n) is 3.34. The van der Waals surface area contributed by atoms with Crippen molar-refractivity contribution in [2.75, 3.05) is 13.1 Å². The SMILES string of the molecule is O=C(/C=C/c1ccc([N+](=O)[O-])cc1)N1CCC(Oc2cnc3ccccc3n2)CC1. The first-order valence-electron chi connectivity index (χ1n) is 9.68. The molecule has 1 aromatic heterocycles. The van der Waals surface area contributed by atoms with Gasteiger partial charge in [-0.25, -0.2) is 9.97 Å². The summed E-state index contributed by atoms with van der Waals surface area (Å²) in [4.78, 5) is 33.3. The largest absolute Gasteiger partial charge is 0.473 e. The fourth-order valence-corrected chi connectivity index (χ4v) is 3.34. The van der Waals surface area contributed by atoms with Gasteiger partial charge < -0.3 is 9.64 Å². The van der Waals surface area contributed by atoms with Gasteiger partial charge in [-0.3, -0.25) is 14.9 Å². The van der Waals surface area contributed by atoms with Crippen molar-refractivity contribution in [2.24, 2.45) is 0 Å². The van der Waals surface area contributed by atoms with Crippen LogP contribution in [0.3, 0.4) is 0 Å². The van der Waals surface area contributed by atoms with Crippen molar-refractivity contribution in [3.8, 4) is 5.88 Å². The quantitative estimate of drug-likeness (QED) is 0.366. The summed E-state index contributed by atoms with van der Waals surface area (Å²) in [6.07, 6.45) is 6.21. The van der Waals surface area contributed by atoms with Gasteiger partial charge in [0, 0.05) is 44.1 Å². The highest BCUT2D eigenvalue weighted by Crippen LogP contribution is 2.20. The molecule has 152 valence electrons. The number of nitro benzene ring substituents is 1. The molecule has 2 aromatic carbocycles. The summed E-state index contributed by atoms with van der Waals surface area (Å²) in [5.41, 5.74) is 2.38. The molecule has 4 rings (SSSR count). The van der Waals surface area contributed by atoms with Gasteiger partial charge in [-0.2, -0.15) is 0 Å². The Morgan fingerprint density at radius 2 is 1.80 bits per heavy atom. The molecule has 1 aliphatic rings. The summed E-state index contributed by atoms with van der Waals surface area (Å²) < 4.78 is 5.97. The smallest absolute Gasteiger partial charge is 0.269 e. The number of nitro groups is 1. The summed E-state index contributed by atoms with van der Waals surface area (Å²) in [6, 6.07) is 13.7. The number of hydrogen-bond donors (Lipinski definition) is 0. The number of aromatic nitrogens is 2. The molecule has 30 heavy (non-hydrogen) atoms. The minimum atomic E-state index is -0.450. The Morgan fingerprint density at radius 1 is 1.10 bits per heavy atom. The number of carbonyl (C=O) groups excluding carboxylic acids is 1. The summed E-state index contributed by atoms with van der Waals surface area (Å²) in [5.74, 6) is 0.411. The molecule has 0 atom stereocenters. The average Bonchev–Trinajstić information content (AvgIpc) is 2.78. The lowest BCUT2D eigenvalue weighted by molar-refractivity contribution is -0.384. The van der Waals surface area contributed by atoms with Crippen LogP contribution in [-0.4, -0.2) is 44.9 Å². The normalized spacial score (nSPS) is 14.9. The molecule has 0 saturated carbocycles. The Kier molecular flexibility index (Phi) is 5.65. The molecule has 8 heteroatoms. The van der Waals surface area contributed by atoms with Crippen molar-refractivity contribution in [2.45, 2.75) is 18.9 Å². The molecule has 0 radical (unpaired) electrons. The Hall–Kier alpha value is -3.81. The minimum absolute atomic E-state index is 0.0110. The highest BCUT2D eigenvalue weighted by atomic mass is 16.6. The Balaban J connectivity index is 1.30. The first-order chi connectivity index (χ1) is 14.6. The van der Waals surface area contributed by atoms with Gasteiger partial charge in [-0.15, -0.1) is 0 Å². The zero-order valence-corrected chi connectivity index (χ0v) is 16.2. The number of likely N-dealkylation sites (tertiary alicyclic amines) is 1. The van der Waals surface area contributed by atoms with Crippen molar-refractivity contribution in [1.82, 2.24) is 14.9 Å². The van der Waals surface area contributed by atoms with E-state index < -0.39 is 4.92 Å². The third-order valence-corrected chi connectivity index (χ3v) is 4.99. The second-order valence-electron chi connectivity index (χ2n) is 7.02. The van der Waals surface area contributed by atoms with Gasteiger partial charge in [-0.05, 0) is 35.9 Å². The van der Waals surface area contributed by atoms with Gasteiger partial charge in [0.1, 0.15) is 6.10 Å². The van der Waals surface area contributed by atoms with Gasteiger partial charge in [0.15, 0.2) is 0 Å². The highest BCUT2D eigenvalue weighted by Gasteiger charge is 2.23. The van der Waals surface area contributed by atoms with Crippen molar-refractivity contribution < 1.29 is 14.5 Å². The number of ether oxygens (including phenoxy) is 1. The predicted molar refractivity (Wildman–Crippen MR) is 112 cm³/mol. The Labute approximate surface area is 173 Å². The van der Waals surface area contributed by atoms with Crippen molar-refractivity contribution >= 4 is 28.7 Å². The molecule has 8 nitrogen and oxygen atoms in total. The number of amides is 1. The van der Waals surface area contributed by atoms with Crippen LogP contribution in [0.5, 0.6) is 5.88 Å². The first-order valence-corrected chi connectivity index (χ1v) is 9.68. The van der Waals surface area contributed by atoms with Crippen LogP contribution in [0.25, 0.3) is 17.1 Å². The number of rotatable bonds is 5. The van der Waals surface area contributed by atoms with Crippen LogP contribution in [0.15, 0.2) is 60.8 Å². The lowest BCUT2D eigenvalue weighted by Gasteiger charge is -2.31. The van der Waals surface area contributed by atoms with E-state index in [2.05, 4.69) is 9.97 Å². The van der Waals surface area contributed by atoms with Gasteiger partial charge in [-0.1, -0.05) is 12.1 Å². The maximum absolute atomic E-state index is 12.4. The van der Waals surface area contributed by atoms with E-state index in [0.29, 0.717) is 31.8 Å². The number of benzene rings is 2. The van der Waals surface area contributed by atoms with E-state index in [1.54, 1.807) is 29.3 Å². The zero-order valence-electron chi connectivity index (χ0n) is 16.2. The predicted octanol–water partition coefficient (Wildman–Crippen LogP) is 3.62. The molecule has 2 heterocycles. The van der Waals surface area contributed by atoms with Crippen LogP contribution in [-0.2, 0) is 4.79 Å². The lowest BCUT2D eigenvalue weighted by atomic mass is 10.1. The number of piperidine rings is 1. The van der Waals surface area contributed by atoms with E-state index in [1.165, 1.54) is 18.2 Å². The van der Waals surface area contributed by atoms with Gasteiger partial charge in [0.2, 0.25) is 11.8 Å². The van der Waals surface area contributed by atoms with Crippen molar-refractivity contribution in [1.29, 1.82) is 0 Å². The number of nitrogens with zero attached hydrogens (tertiary/aromatic N) is 4. The number of fused-ring (bicyclic) bond motifs is 1. The van der Waals surface area contributed by atoms with Crippen LogP contribution in [0.2, 0.25) is 0 Å². The summed E-state index contributed by atoms with van der Waals surface area (Å²) >= 11 is 0. The number of non-ortho nitro benzene ring substituents is 1. The number of para-hydroxylation sites is 2. The maximum atomic E-state index is 12.4. The molecule has 1 aliphatic heterocycles. The lowest BCUT2D eigenvalue weighted by Crippen LogP contribution is -2.41. The second kappa shape index (κ2) is 8.69. The molecule has 0 spiro atoms. The third-order valence-electron chi connectivity index (χ3n) is 4.99. The molecular weight excluding hydrogens is 384 g/mol. The molecule has 0 N–H and O–H groups in total. The van der Waals surface area contributed by atoms with E-state index >= 15 is 0 Å². The van der Waals surface area contributed by atoms with E-state index in [4.69, 9.17) is 4.74 Å². The van der Waals surface area contributed by atoms with Crippen LogP contribution in [0.4, 0.5) is 5.69 Å².